The van der Waals surface area contributed by atoms with Gasteiger partial charge in [0.2, 0.25) is 0 Å². The van der Waals surface area contributed by atoms with Crippen LogP contribution in [0.15, 0.2) is 73.1 Å². The van der Waals surface area contributed by atoms with Crippen molar-refractivity contribution in [3.8, 4) is 11.1 Å². The second-order valence-corrected chi connectivity index (χ2v) is 7.09. The Morgan fingerprint density at radius 2 is 1.77 bits per heavy atom. The van der Waals surface area contributed by atoms with Crippen molar-refractivity contribution in [3.63, 3.8) is 0 Å². The third-order valence-corrected chi connectivity index (χ3v) is 5.27. The van der Waals surface area contributed by atoms with Crippen molar-refractivity contribution in [1.29, 1.82) is 0 Å². The molecule has 2 N–H and O–H groups in total. The zero-order valence-corrected chi connectivity index (χ0v) is 15.0. The summed E-state index contributed by atoms with van der Waals surface area (Å²) in [5, 5.41) is 13.8. The van der Waals surface area contributed by atoms with Crippen LogP contribution in [0.1, 0.15) is 18.0 Å². The topological polar surface area (TPSA) is 58.0 Å². The monoisotopic (exact) mass is 361 g/mol. The maximum absolute atomic E-state index is 9.42. The Hall–Kier alpha value is -2.76. The number of hydrogen-bond donors (Lipinski definition) is 2. The molecule has 4 nitrogen and oxygen atoms in total. The molecule has 0 amide bonds. The molecule has 26 heavy (non-hydrogen) atoms. The van der Waals surface area contributed by atoms with Crippen LogP contribution in [0.3, 0.4) is 0 Å². The first-order valence-electron chi connectivity index (χ1n) is 8.57. The average molecular weight is 361 g/mol. The van der Waals surface area contributed by atoms with E-state index in [4.69, 9.17) is 4.98 Å². The van der Waals surface area contributed by atoms with Crippen LogP contribution in [0.2, 0.25) is 0 Å². The van der Waals surface area contributed by atoms with Crippen molar-refractivity contribution >= 4 is 26.7 Å². The molecule has 0 spiro atoms. The third kappa shape index (κ3) is 3.59. The molecule has 0 unspecified atom stereocenters. The Morgan fingerprint density at radius 3 is 2.54 bits per heavy atom. The van der Waals surface area contributed by atoms with Crippen LogP contribution in [0.5, 0.6) is 0 Å². The molecular formula is C21H19N3OS. The van der Waals surface area contributed by atoms with E-state index in [9.17, 15) is 5.11 Å². The number of hydrogen-bond acceptors (Lipinski definition) is 5. The number of thiazole rings is 1. The summed E-state index contributed by atoms with van der Waals surface area (Å²) in [5.41, 5.74) is 4.43. The number of nitrogens with zero attached hydrogens (tertiary/aromatic N) is 2. The Balaban J connectivity index is 1.62. The number of aliphatic hydroxyl groups excluding tert-OH is 1. The number of benzene rings is 2. The van der Waals surface area contributed by atoms with Crippen LogP contribution < -0.4 is 5.32 Å². The lowest BCUT2D eigenvalue weighted by Crippen LogP contribution is -2.12. The normalized spacial score (nSPS) is 12.2. The van der Waals surface area contributed by atoms with Gasteiger partial charge in [-0.05, 0) is 47.4 Å². The predicted molar refractivity (Wildman–Crippen MR) is 107 cm³/mol. The molecule has 4 aromatic rings. The molecule has 1 atom stereocenters. The summed E-state index contributed by atoms with van der Waals surface area (Å²) in [6.07, 6.45) is 4.25. The number of aliphatic hydroxyl groups is 1. The highest BCUT2D eigenvalue weighted by Crippen LogP contribution is 2.32. The van der Waals surface area contributed by atoms with Gasteiger partial charge < -0.3 is 10.4 Å². The fourth-order valence-electron chi connectivity index (χ4n) is 3.00. The van der Waals surface area contributed by atoms with Gasteiger partial charge in [-0.1, -0.05) is 47.7 Å². The summed E-state index contributed by atoms with van der Waals surface area (Å²) in [4.78, 5) is 8.78. The van der Waals surface area contributed by atoms with Crippen molar-refractivity contribution in [2.75, 3.05) is 11.9 Å². The van der Waals surface area contributed by atoms with Crippen molar-refractivity contribution in [1.82, 2.24) is 9.97 Å². The number of aromatic nitrogens is 2. The summed E-state index contributed by atoms with van der Waals surface area (Å²) in [7, 11) is 0. The lowest BCUT2D eigenvalue weighted by atomic mass is 10.0. The zero-order valence-electron chi connectivity index (χ0n) is 14.2. The Kier molecular flexibility index (Phi) is 4.91. The minimum atomic E-state index is 0.0430. The van der Waals surface area contributed by atoms with Gasteiger partial charge in [0.25, 0.3) is 0 Å². The van der Waals surface area contributed by atoms with Gasteiger partial charge in [-0.25, -0.2) is 4.98 Å². The first-order chi connectivity index (χ1) is 12.8. The molecule has 2 heterocycles. The van der Waals surface area contributed by atoms with Crippen LogP contribution in [0, 0.1) is 0 Å². The van der Waals surface area contributed by atoms with E-state index in [2.05, 4.69) is 40.6 Å². The van der Waals surface area contributed by atoms with E-state index >= 15 is 0 Å². The molecule has 0 aliphatic carbocycles. The minimum Gasteiger partial charge on any atom is -0.396 e. The van der Waals surface area contributed by atoms with Crippen molar-refractivity contribution in [2.45, 2.75) is 12.5 Å². The highest BCUT2D eigenvalue weighted by molar-refractivity contribution is 7.22. The molecule has 2 aromatic heterocycles. The van der Waals surface area contributed by atoms with Gasteiger partial charge in [0.15, 0.2) is 5.13 Å². The first kappa shape index (κ1) is 16.7. The molecule has 4 rings (SSSR count). The van der Waals surface area contributed by atoms with Gasteiger partial charge in [0.05, 0.1) is 16.3 Å². The summed E-state index contributed by atoms with van der Waals surface area (Å²) in [6.45, 7) is 0.129. The maximum atomic E-state index is 9.42. The molecule has 5 heteroatoms. The zero-order chi connectivity index (χ0) is 17.8. The minimum absolute atomic E-state index is 0.0430. The van der Waals surface area contributed by atoms with Crippen LogP contribution in [0.25, 0.3) is 21.3 Å². The highest BCUT2D eigenvalue weighted by atomic mass is 32.1. The Morgan fingerprint density at radius 1 is 0.962 bits per heavy atom. The number of fused-ring (bicyclic) bond motifs is 1. The fourth-order valence-corrected chi connectivity index (χ4v) is 3.95. The SMILES string of the molecule is OCC[C@@H](Nc1nc2ccc(-c3ccncc3)cc2s1)c1ccccc1. The third-order valence-electron chi connectivity index (χ3n) is 4.32. The highest BCUT2D eigenvalue weighted by Gasteiger charge is 2.13. The van der Waals surface area contributed by atoms with Gasteiger partial charge in [-0.15, -0.1) is 0 Å². The first-order valence-corrected chi connectivity index (χ1v) is 9.38. The van der Waals surface area contributed by atoms with E-state index in [0.29, 0.717) is 6.42 Å². The van der Waals surface area contributed by atoms with E-state index in [1.807, 2.05) is 30.3 Å². The van der Waals surface area contributed by atoms with Crippen LogP contribution in [0.4, 0.5) is 5.13 Å². The summed E-state index contributed by atoms with van der Waals surface area (Å²) < 4.78 is 1.14. The molecular weight excluding hydrogens is 342 g/mol. The second kappa shape index (κ2) is 7.64. The average Bonchev–Trinajstić information content (AvgIpc) is 3.10. The van der Waals surface area contributed by atoms with Gasteiger partial charge in [-0.3, -0.25) is 4.98 Å². The summed E-state index contributed by atoms with van der Waals surface area (Å²) in [5.74, 6) is 0. The molecule has 0 bridgehead atoms. The van der Waals surface area contributed by atoms with Crippen molar-refractivity contribution in [2.24, 2.45) is 0 Å². The molecule has 0 fully saturated rings. The number of pyridine rings is 1. The fraction of sp³-hybridized carbons (Fsp3) is 0.143. The molecule has 0 saturated carbocycles. The van der Waals surface area contributed by atoms with E-state index in [1.165, 1.54) is 0 Å². The molecule has 0 saturated heterocycles. The van der Waals surface area contributed by atoms with E-state index in [1.54, 1.807) is 23.7 Å². The number of rotatable bonds is 6. The smallest absolute Gasteiger partial charge is 0.184 e. The lowest BCUT2D eigenvalue weighted by molar-refractivity contribution is 0.280. The standard InChI is InChI=1S/C21H19N3OS/c25-13-10-18(16-4-2-1-3-5-16)23-21-24-19-7-6-17(14-20(19)26-21)15-8-11-22-12-9-15/h1-9,11-12,14,18,25H,10,13H2,(H,23,24)/t18-/m1/s1. The number of nitrogens with one attached hydrogen (secondary N) is 1. The maximum Gasteiger partial charge on any atom is 0.184 e. The number of anilines is 1. The van der Waals surface area contributed by atoms with Crippen molar-refractivity contribution < 1.29 is 5.11 Å². The quantitative estimate of drug-likeness (QED) is 0.513. The van der Waals surface area contributed by atoms with Gasteiger partial charge in [0.1, 0.15) is 0 Å². The van der Waals surface area contributed by atoms with Gasteiger partial charge >= 0.3 is 0 Å². The van der Waals surface area contributed by atoms with Crippen molar-refractivity contribution in [3.05, 3.63) is 78.6 Å². The summed E-state index contributed by atoms with van der Waals surface area (Å²) >= 11 is 1.64. The Labute approximate surface area is 156 Å². The van der Waals surface area contributed by atoms with E-state index < -0.39 is 0 Å². The Bertz CT molecular complexity index is 986. The predicted octanol–water partition coefficient (Wildman–Crippen LogP) is 4.89. The molecule has 130 valence electrons. The van der Waals surface area contributed by atoms with E-state index in [-0.39, 0.29) is 12.6 Å². The van der Waals surface area contributed by atoms with Crippen LogP contribution >= 0.6 is 11.3 Å². The molecule has 0 aliphatic rings. The van der Waals surface area contributed by atoms with Crippen LogP contribution in [-0.4, -0.2) is 21.7 Å². The second-order valence-electron chi connectivity index (χ2n) is 6.06. The van der Waals surface area contributed by atoms with Gasteiger partial charge in [-0.2, -0.15) is 0 Å². The summed E-state index contributed by atoms with van der Waals surface area (Å²) in [6, 6.07) is 20.5. The lowest BCUT2D eigenvalue weighted by Gasteiger charge is -2.17. The molecule has 2 aromatic carbocycles. The largest absolute Gasteiger partial charge is 0.396 e. The molecule has 0 radical (unpaired) electrons. The van der Waals surface area contributed by atoms with E-state index in [0.717, 1.165) is 32.0 Å². The molecule has 0 aliphatic heterocycles. The van der Waals surface area contributed by atoms with Gasteiger partial charge in [0, 0.05) is 19.0 Å². The van der Waals surface area contributed by atoms with Crippen LogP contribution in [-0.2, 0) is 0 Å².